The maximum atomic E-state index is 6.91. The highest BCUT2D eigenvalue weighted by molar-refractivity contribution is 8.14. The molecule has 30 heavy (non-hydrogen) atoms. The van der Waals surface area contributed by atoms with Crippen molar-refractivity contribution in [3.8, 4) is 0 Å². The Kier molecular flexibility index (Phi) is 27.9. The van der Waals surface area contributed by atoms with E-state index in [2.05, 4.69) is 14.7 Å². The monoisotopic (exact) mass is 483 g/mol. The molecule has 0 saturated heterocycles. The van der Waals surface area contributed by atoms with E-state index in [0.29, 0.717) is 0 Å². The Morgan fingerprint density at radius 3 is 0.867 bits per heavy atom. The molecule has 0 saturated carbocycles. The number of nitrogens with zero attached hydrogens (tertiary/aromatic N) is 3. The molecule has 0 aromatic rings. The maximum absolute atomic E-state index is 6.91. The van der Waals surface area contributed by atoms with Crippen molar-refractivity contribution >= 4 is 50.8 Å². The SMILES string of the molecule is CN(C)CCCSC(=N)N.CN(C)CCCSC(=N)N.CN(C)CCCSC(=N)N. The average Bonchev–Trinajstić information content (AvgIpc) is 2.60. The molecule has 0 spiro atoms. The summed E-state index contributed by atoms with van der Waals surface area (Å²) in [7, 11) is 12.2. The first kappa shape index (κ1) is 34.0. The Bertz CT molecular complexity index is 371. The second-order valence-electron chi connectivity index (χ2n) is 7.11. The maximum Gasteiger partial charge on any atom is 0.151 e. The molecule has 12 heteroatoms. The quantitative estimate of drug-likeness (QED) is 0.138. The minimum atomic E-state index is 0.221. The topological polar surface area (TPSA) is 159 Å². The van der Waals surface area contributed by atoms with Crippen LogP contribution in [-0.2, 0) is 0 Å². The highest BCUT2D eigenvalue weighted by atomic mass is 32.2. The lowest BCUT2D eigenvalue weighted by atomic mass is 10.5. The van der Waals surface area contributed by atoms with Crippen LogP contribution in [-0.4, -0.2) is 109 Å². The van der Waals surface area contributed by atoms with Crippen molar-refractivity contribution in [2.75, 3.05) is 79.2 Å². The minimum Gasteiger partial charge on any atom is -0.379 e. The summed E-state index contributed by atoms with van der Waals surface area (Å²) in [5.41, 5.74) is 15.4. The molecular weight excluding hydrogens is 438 g/mol. The molecule has 180 valence electrons. The lowest BCUT2D eigenvalue weighted by Gasteiger charge is -2.07. The molecule has 0 aromatic heterocycles. The van der Waals surface area contributed by atoms with Crippen molar-refractivity contribution in [2.24, 2.45) is 17.2 Å². The largest absolute Gasteiger partial charge is 0.379 e. The molecule has 0 aliphatic rings. The third-order valence-electron chi connectivity index (χ3n) is 3.02. The van der Waals surface area contributed by atoms with Gasteiger partial charge >= 0.3 is 0 Å². The van der Waals surface area contributed by atoms with Crippen molar-refractivity contribution in [2.45, 2.75) is 19.3 Å². The van der Waals surface area contributed by atoms with E-state index in [9.17, 15) is 0 Å². The summed E-state index contributed by atoms with van der Waals surface area (Å²) in [5.74, 6) is 2.86. The summed E-state index contributed by atoms with van der Waals surface area (Å²) in [4.78, 5) is 6.38. The van der Waals surface area contributed by atoms with Crippen LogP contribution >= 0.6 is 35.3 Å². The summed E-state index contributed by atoms with van der Waals surface area (Å²) in [6.45, 7) is 3.21. The van der Waals surface area contributed by atoms with Gasteiger partial charge in [0, 0.05) is 17.3 Å². The lowest BCUT2D eigenvalue weighted by molar-refractivity contribution is 0.410. The number of hydrogen-bond acceptors (Lipinski definition) is 9. The molecule has 9 N–H and O–H groups in total. The molecule has 0 heterocycles. The standard InChI is InChI=1S/3C6H15N3S/c3*1-9(2)4-3-5-10-6(7)8/h3*3-5H2,1-2H3,(H3,7,8). The van der Waals surface area contributed by atoms with Crippen molar-refractivity contribution < 1.29 is 0 Å². The molecule has 0 amide bonds. The molecule has 0 fully saturated rings. The Hall–Kier alpha value is -0.660. The van der Waals surface area contributed by atoms with Gasteiger partial charge in [-0.15, -0.1) is 0 Å². The van der Waals surface area contributed by atoms with Crippen LogP contribution in [0.2, 0.25) is 0 Å². The first-order chi connectivity index (χ1) is 13.9. The fourth-order valence-corrected chi connectivity index (χ4v) is 3.17. The third kappa shape index (κ3) is 45.8. The van der Waals surface area contributed by atoms with Gasteiger partial charge in [0.2, 0.25) is 0 Å². The normalized spacial score (nSPS) is 10.3. The molecule has 9 nitrogen and oxygen atoms in total. The van der Waals surface area contributed by atoms with Gasteiger partial charge in [-0.05, 0) is 81.2 Å². The van der Waals surface area contributed by atoms with E-state index in [4.69, 9.17) is 33.4 Å². The van der Waals surface area contributed by atoms with Crippen molar-refractivity contribution in [1.29, 1.82) is 16.2 Å². The van der Waals surface area contributed by atoms with Gasteiger partial charge in [-0.25, -0.2) is 0 Å². The minimum absolute atomic E-state index is 0.221. The average molecular weight is 484 g/mol. The number of nitrogens with one attached hydrogen (secondary N) is 3. The summed E-state index contributed by atoms with van der Waals surface area (Å²) < 4.78 is 0. The highest BCUT2D eigenvalue weighted by Crippen LogP contribution is 2.01. The summed E-state index contributed by atoms with van der Waals surface area (Å²) in [6, 6.07) is 0. The van der Waals surface area contributed by atoms with E-state index in [1.165, 1.54) is 35.3 Å². The van der Waals surface area contributed by atoms with E-state index in [1.807, 2.05) is 42.3 Å². The van der Waals surface area contributed by atoms with E-state index < -0.39 is 0 Å². The van der Waals surface area contributed by atoms with Gasteiger partial charge in [0.05, 0.1) is 0 Å². The lowest BCUT2D eigenvalue weighted by Crippen LogP contribution is -2.14. The number of thioether (sulfide) groups is 3. The second kappa shape index (κ2) is 24.6. The van der Waals surface area contributed by atoms with E-state index in [-0.39, 0.29) is 15.5 Å². The van der Waals surface area contributed by atoms with Gasteiger partial charge in [0.15, 0.2) is 15.5 Å². The summed E-state index contributed by atoms with van der Waals surface area (Å²) in [6.07, 6.45) is 3.28. The van der Waals surface area contributed by atoms with Gasteiger partial charge in [-0.1, -0.05) is 35.3 Å². The van der Waals surface area contributed by atoms with Crippen LogP contribution in [0.1, 0.15) is 19.3 Å². The van der Waals surface area contributed by atoms with Gasteiger partial charge in [-0.2, -0.15) is 0 Å². The summed E-state index contributed by atoms with van der Waals surface area (Å²) in [5, 5.41) is 21.4. The molecule has 0 aliphatic heterocycles. The zero-order valence-electron chi connectivity index (χ0n) is 19.7. The van der Waals surface area contributed by atoms with Crippen LogP contribution in [0.3, 0.4) is 0 Å². The Morgan fingerprint density at radius 1 is 0.533 bits per heavy atom. The molecule has 0 unspecified atom stereocenters. The van der Waals surface area contributed by atoms with Gasteiger partial charge in [-0.3, -0.25) is 16.2 Å². The van der Waals surface area contributed by atoms with Crippen molar-refractivity contribution in [1.82, 2.24) is 14.7 Å². The van der Waals surface area contributed by atoms with Crippen LogP contribution in [0.25, 0.3) is 0 Å². The van der Waals surface area contributed by atoms with Crippen LogP contribution in [0.5, 0.6) is 0 Å². The van der Waals surface area contributed by atoms with Crippen LogP contribution in [0, 0.1) is 16.2 Å². The van der Waals surface area contributed by atoms with Crippen LogP contribution in [0.15, 0.2) is 0 Å². The molecule has 0 atom stereocenters. The van der Waals surface area contributed by atoms with Gasteiger partial charge < -0.3 is 31.9 Å². The second-order valence-corrected chi connectivity index (χ2v) is 10.5. The predicted octanol–water partition coefficient (Wildman–Crippen LogP) is 1.69. The molecule has 0 bridgehead atoms. The van der Waals surface area contributed by atoms with Crippen LogP contribution in [0.4, 0.5) is 0 Å². The smallest absolute Gasteiger partial charge is 0.151 e. The molecule has 0 aliphatic carbocycles. The third-order valence-corrected chi connectivity index (χ3v) is 5.43. The van der Waals surface area contributed by atoms with Gasteiger partial charge in [0.1, 0.15) is 0 Å². The van der Waals surface area contributed by atoms with E-state index in [0.717, 1.165) is 56.2 Å². The Balaban J connectivity index is -0.000000364. The molecule has 0 radical (unpaired) electrons. The van der Waals surface area contributed by atoms with E-state index >= 15 is 0 Å². The Labute approximate surface area is 197 Å². The van der Waals surface area contributed by atoms with Crippen molar-refractivity contribution in [3.05, 3.63) is 0 Å². The Morgan fingerprint density at radius 2 is 0.733 bits per heavy atom. The van der Waals surface area contributed by atoms with Crippen molar-refractivity contribution in [3.63, 3.8) is 0 Å². The predicted molar refractivity (Wildman–Crippen MR) is 143 cm³/mol. The fraction of sp³-hybridized carbons (Fsp3) is 0.833. The molecular formula is C18H45N9S3. The zero-order chi connectivity index (χ0) is 23.9. The number of nitrogens with two attached hydrogens (primary N) is 3. The zero-order valence-corrected chi connectivity index (χ0v) is 22.1. The molecule has 0 rings (SSSR count). The van der Waals surface area contributed by atoms with E-state index in [1.54, 1.807) is 0 Å². The fourth-order valence-electron chi connectivity index (χ4n) is 1.69. The summed E-state index contributed by atoms with van der Waals surface area (Å²) >= 11 is 4.22. The van der Waals surface area contributed by atoms with Gasteiger partial charge in [0.25, 0.3) is 0 Å². The highest BCUT2D eigenvalue weighted by Gasteiger charge is 1.94. The first-order valence-corrected chi connectivity index (χ1v) is 12.7. The molecule has 0 aromatic carbocycles. The van der Waals surface area contributed by atoms with Crippen LogP contribution < -0.4 is 17.2 Å². The number of amidine groups is 3. The number of hydrogen-bond donors (Lipinski definition) is 6. The number of rotatable bonds is 12. The first-order valence-electron chi connectivity index (χ1n) is 9.73.